The van der Waals surface area contributed by atoms with Gasteiger partial charge in [0.1, 0.15) is 11.5 Å². The highest BCUT2D eigenvalue weighted by Crippen LogP contribution is 2.26. The molecule has 0 aliphatic rings. The van der Waals surface area contributed by atoms with E-state index in [2.05, 4.69) is 0 Å². The van der Waals surface area contributed by atoms with E-state index in [0.29, 0.717) is 17.7 Å². The van der Waals surface area contributed by atoms with Gasteiger partial charge in [0, 0.05) is 0 Å². The van der Waals surface area contributed by atoms with Gasteiger partial charge in [-0.3, -0.25) is 0 Å². The first-order valence-electron chi connectivity index (χ1n) is 7.49. The number of carbonyl (C=O) groups is 1. The van der Waals surface area contributed by atoms with E-state index in [1.54, 1.807) is 30.3 Å². The van der Waals surface area contributed by atoms with Crippen molar-refractivity contribution in [1.82, 2.24) is 0 Å². The molecule has 120 valence electrons. The molecule has 0 bridgehead atoms. The van der Waals surface area contributed by atoms with E-state index in [9.17, 15) is 15.0 Å². The summed E-state index contributed by atoms with van der Waals surface area (Å²) in [7, 11) is 0. The third-order valence-corrected chi connectivity index (χ3v) is 3.38. The zero-order valence-electron chi connectivity index (χ0n) is 13.2. The average Bonchev–Trinajstić information content (AvgIpc) is 2.53. The van der Waals surface area contributed by atoms with Gasteiger partial charge in [-0.1, -0.05) is 25.1 Å². The normalized spacial score (nSPS) is 11.3. The Balaban J connectivity index is 2.36. The minimum atomic E-state index is -1.00. The number of aryl methyl sites for hydroxylation is 1. The van der Waals surface area contributed by atoms with Crippen molar-refractivity contribution in [3.63, 3.8) is 0 Å². The molecule has 0 spiro atoms. The van der Waals surface area contributed by atoms with Crippen LogP contribution in [0.5, 0.6) is 11.5 Å². The predicted octanol–water partition coefficient (Wildman–Crippen LogP) is 4.11. The first-order valence-corrected chi connectivity index (χ1v) is 7.49. The lowest BCUT2D eigenvalue weighted by Gasteiger charge is -2.10. The number of benzene rings is 2. The van der Waals surface area contributed by atoms with Crippen molar-refractivity contribution in [3.8, 4) is 11.5 Å². The van der Waals surface area contributed by atoms with Crippen LogP contribution in [0, 0.1) is 6.92 Å². The van der Waals surface area contributed by atoms with Crippen LogP contribution in [0.3, 0.4) is 0 Å². The zero-order valence-corrected chi connectivity index (χ0v) is 13.2. The summed E-state index contributed by atoms with van der Waals surface area (Å²) in [6, 6.07) is 11.8. The second kappa shape index (κ2) is 7.49. The van der Waals surface area contributed by atoms with Gasteiger partial charge >= 0.3 is 5.97 Å². The van der Waals surface area contributed by atoms with E-state index in [4.69, 9.17) is 4.74 Å². The number of phenolic OH excluding ortho intramolecular Hbond substituents is 1. The Bertz CT molecular complexity index is 715. The third kappa shape index (κ3) is 4.36. The second-order valence-corrected chi connectivity index (χ2v) is 5.28. The average molecular weight is 312 g/mol. The van der Waals surface area contributed by atoms with Crippen LogP contribution >= 0.6 is 0 Å². The summed E-state index contributed by atoms with van der Waals surface area (Å²) in [5.74, 6) is -0.0861. The lowest BCUT2D eigenvalue weighted by molar-refractivity contribution is -0.130. The molecule has 0 saturated heterocycles. The van der Waals surface area contributed by atoms with Crippen LogP contribution in [0.4, 0.5) is 0 Å². The molecule has 0 unspecified atom stereocenters. The van der Waals surface area contributed by atoms with E-state index < -0.39 is 5.97 Å². The van der Waals surface area contributed by atoms with Gasteiger partial charge in [-0.25, -0.2) is 4.79 Å². The van der Waals surface area contributed by atoms with Crippen LogP contribution in [0.25, 0.3) is 11.6 Å². The minimum absolute atomic E-state index is 0.146. The molecule has 0 aliphatic carbocycles. The molecule has 0 aliphatic heterocycles. The largest absolute Gasteiger partial charge is 0.508 e. The monoisotopic (exact) mass is 312 g/mol. The lowest BCUT2D eigenvalue weighted by Crippen LogP contribution is -2.02. The molecule has 2 rings (SSSR count). The SMILES string of the molecule is CCCOc1ccc(/C(=C/c2ccc(O)cc2)C(=O)O)cc1C. The summed E-state index contributed by atoms with van der Waals surface area (Å²) in [5, 5.41) is 18.8. The smallest absolute Gasteiger partial charge is 0.336 e. The fraction of sp³-hybridized carbons (Fsp3) is 0.211. The van der Waals surface area contributed by atoms with E-state index in [1.807, 2.05) is 19.9 Å². The van der Waals surface area contributed by atoms with Crippen LogP contribution < -0.4 is 4.74 Å². The first kappa shape index (κ1) is 16.6. The highest BCUT2D eigenvalue weighted by molar-refractivity contribution is 6.20. The second-order valence-electron chi connectivity index (χ2n) is 5.28. The fourth-order valence-electron chi connectivity index (χ4n) is 2.20. The molecule has 2 N–H and O–H groups in total. The van der Waals surface area contributed by atoms with Crippen LogP contribution in [0.2, 0.25) is 0 Å². The Morgan fingerprint density at radius 1 is 1.17 bits per heavy atom. The van der Waals surface area contributed by atoms with Crippen LogP contribution in [0.15, 0.2) is 42.5 Å². The molecular formula is C19H20O4. The van der Waals surface area contributed by atoms with Crippen molar-refractivity contribution in [1.29, 1.82) is 0 Å². The zero-order chi connectivity index (χ0) is 16.8. The van der Waals surface area contributed by atoms with E-state index in [1.165, 1.54) is 12.1 Å². The quantitative estimate of drug-likeness (QED) is 0.622. The number of hydrogen-bond acceptors (Lipinski definition) is 3. The van der Waals surface area contributed by atoms with Crippen molar-refractivity contribution >= 4 is 17.6 Å². The Morgan fingerprint density at radius 2 is 1.87 bits per heavy atom. The van der Waals surface area contributed by atoms with Crippen molar-refractivity contribution in [2.45, 2.75) is 20.3 Å². The van der Waals surface area contributed by atoms with Crippen molar-refractivity contribution in [3.05, 3.63) is 59.2 Å². The summed E-state index contributed by atoms with van der Waals surface area (Å²) in [6.07, 6.45) is 2.51. The minimum Gasteiger partial charge on any atom is -0.508 e. The van der Waals surface area contributed by atoms with E-state index in [0.717, 1.165) is 17.7 Å². The molecule has 0 saturated carbocycles. The number of aliphatic carboxylic acids is 1. The highest BCUT2D eigenvalue weighted by Gasteiger charge is 2.12. The summed E-state index contributed by atoms with van der Waals surface area (Å²) in [5.41, 5.74) is 2.42. The first-order chi connectivity index (χ1) is 11.0. The molecule has 2 aromatic carbocycles. The summed E-state index contributed by atoms with van der Waals surface area (Å²) in [4.78, 5) is 11.6. The van der Waals surface area contributed by atoms with Gasteiger partial charge in [-0.05, 0) is 60.4 Å². The molecular weight excluding hydrogens is 292 g/mol. The maximum Gasteiger partial charge on any atom is 0.336 e. The number of ether oxygens (including phenoxy) is 1. The van der Waals surface area contributed by atoms with Gasteiger partial charge in [0.2, 0.25) is 0 Å². The molecule has 4 nitrogen and oxygen atoms in total. The van der Waals surface area contributed by atoms with Crippen molar-refractivity contribution in [2.75, 3.05) is 6.61 Å². The molecule has 0 atom stereocenters. The molecule has 0 fully saturated rings. The maximum absolute atomic E-state index is 11.6. The fourth-order valence-corrected chi connectivity index (χ4v) is 2.20. The molecule has 4 heteroatoms. The number of carboxylic acid groups (broad SMARTS) is 1. The van der Waals surface area contributed by atoms with Gasteiger partial charge in [0.05, 0.1) is 12.2 Å². The van der Waals surface area contributed by atoms with Crippen molar-refractivity contribution < 1.29 is 19.7 Å². The maximum atomic E-state index is 11.6. The molecule has 0 heterocycles. The number of hydrogen-bond donors (Lipinski definition) is 2. The van der Waals surface area contributed by atoms with Gasteiger partial charge in [0.25, 0.3) is 0 Å². The Morgan fingerprint density at radius 3 is 2.43 bits per heavy atom. The summed E-state index contributed by atoms with van der Waals surface area (Å²) in [6.45, 7) is 4.57. The molecule has 2 aromatic rings. The number of phenols is 1. The van der Waals surface area contributed by atoms with Crippen LogP contribution in [0.1, 0.15) is 30.0 Å². The van der Waals surface area contributed by atoms with Crippen LogP contribution in [-0.4, -0.2) is 22.8 Å². The standard InChI is InChI=1S/C19H20O4/c1-3-10-23-18-9-6-15(11-13(18)2)17(19(21)22)12-14-4-7-16(20)8-5-14/h4-9,11-12,20H,3,10H2,1-2H3,(H,21,22)/b17-12-. The number of rotatable bonds is 6. The number of aromatic hydroxyl groups is 1. The van der Waals surface area contributed by atoms with Gasteiger partial charge < -0.3 is 14.9 Å². The Hall–Kier alpha value is -2.75. The summed E-state index contributed by atoms with van der Waals surface area (Å²) >= 11 is 0. The highest BCUT2D eigenvalue weighted by atomic mass is 16.5. The van der Waals surface area contributed by atoms with Gasteiger partial charge in [0.15, 0.2) is 0 Å². The molecule has 23 heavy (non-hydrogen) atoms. The molecule has 0 amide bonds. The van der Waals surface area contributed by atoms with Crippen LogP contribution in [-0.2, 0) is 4.79 Å². The molecule has 0 radical (unpaired) electrons. The predicted molar refractivity (Wildman–Crippen MR) is 90.6 cm³/mol. The van der Waals surface area contributed by atoms with Crippen molar-refractivity contribution in [2.24, 2.45) is 0 Å². The Labute approximate surface area is 135 Å². The Kier molecular flexibility index (Phi) is 5.41. The third-order valence-electron chi connectivity index (χ3n) is 3.38. The van der Waals surface area contributed by atoms with Gasteiger partial charge in [-0.2, -0.15) is 0 Å². The number of carboxylic acids is 1. The summed E-state index contributed by atoms with van der Waals surface area (Å²) < 4.78 is 5.62. The van der Waals surface area contributed by atoms with E-state index >= 15 is 0 Å². The van der Waals surface area contributed by atoms with Gasteiger partial charge in [-0.15, -0.1) is 0 Å². The topological polar surface area (TPSA) is 66.8 Å². The molecule has 0 aromatic heterocycles. The van der Waals surface area contributed by atoms with E-state index in [-0.39, 0.29) is 11.3 Å². The lowest BCUT2D eigenvalue weighted by atomic mass is 10.0.